The molecule has 3 N–H and O–H groups in total. The molecule has 1 aromatic heterocycles. The molecular formula is C13H12N2O3. The number of nitrogens with zero attached hydrogens (tertiary/aromatic N) is 1. The number of carbonyl (C=O) groups excluding carboxylic acids is 1. The molecule has 2 aromatic rings. The van der Waals surface area contributed by atoms with E-state index in [0.29, 0.717) is 16.7 Å². The van der Waals surface area contributed by atoms with E-state index in [1.807, 2.05) is 0 Å². The molecule has 5 nitrogen and oxygen atoms in total. The number of nitrogens with one attached hydrogen (secondary N) is 1. The first-order valence-electron chi connectivity index (χ1n) is 5.32. The molecule has 2 rings (SSSR count). The van der Waals surface area contributed by atoms with Gasteiger partial charge in [-0.05, 0) is 29.3 Å². The van der Waals surface area contributed by atoms with Crippen molar-refractivity contribution in [2.75, 3.05) is 7.05 Å². The number of rotatable bonds is 2. The normalized spacial score (nSPS) is 10.1. The first kappa shape index (κ1) is 11.9. The summed E-state index contributed by atoms with van der Waals surface area (Å²) >= 11 is 0. The van der Waals surface area contributed by atoms with E-state index in [2.05, 4.69) is 10.3 Å². The Bertz CT molecular complexity index is 597. The van der Waals surface area contributed by atoms with Crippen LogP contribution >= 0.6 is 0 Å². The summed E-state index contributed by atoms with van der Waals surface area (Å²) in [7, 11) is 1.54. The maximum Gasteiger partial charge on any atom is 0.253 e. The lowest BCUT2D eigenvalue weighted by Crippen LogP contribution is -2.18. The average Bonchev–Trinajstić information content (AvgIpc) is 2.41. The molecule has 1 heterocycles. The minimum Gasteiger partial charge on any atom is -0.504 e. The van der Waals surface area contributed by atoms with E-state index in [1.54, 1.807) is 18.3 Å². The zero-order valence-corrected chi connectivity index (χ0v) is 9.71. The first-order chi connectivity index (χ1) is 8.63. The summed E-state index contributed by atoms with van der Waals surface area (Å²) in [5.41, 5.74) is 1.68. The van der Waals surface area contributed by atoms with Gasteiger partial charge in [0.15, 0.2) is 11.5 Å². The number of pyridine rings is 1. The number of phenols is 2. The first-order valence-corrected chi connectivity index (χ1v) is 5.32. The van der Waals surface area contributed by atoms with Gasteiger partial charge in [0.2, 0.25) is 0 Å². The SMILES string of the molecule is CNC(=O)c1cnccc1-c1ccc(O)c(O)c1. The van der Waals surface area contributed by atoms with E-state index in [4.69, 9.17) is 0 Å². The van der Waals surface area contributed by atoms with E-state index in [0.717, 1.165) is 0 Å². The lowest BCUT2D eigenvalue weighted by atomic mass is 10.0. The summed E-state index contributed by atoms with van der Waals surface area (Å²) in [6, 6.07) is 6.07. The third-order valence-corrected chi connectivity index (χ3v) is 2.58. The summed E-state index contributed by atoms with van der Waals surface area (Å²) in [6.07, 6.45) is 3.02. The molecule has 0 saturated carbocycles. The fraction of sp³-hybridized carbons (Fsp3) is 0.0769. The number of amides is 1. The highest BCUT2D eigenvalue weighted by Gasteiger charge is 2.12. The number of hydrogen-bond acceptors (Lipinski definition) is 4. The van der Waals surface area contributed by atoms with Crippen LogP contribution in [0.5, 0.6) is 11.5 Å². The van der Waals surface area contributed by atoms with Gasteiger partial charge in [0.25, 0.3) is 5.91 Å². The lowest BCUT2D eigenvalue weighted by Gasteiger charge is -2.08. The Morgan fingerprint density at radius 3 is 2.67 bits per heavy atom. The second-order valence-electron chi connectivity index (χ2n) is 3.70. The molecule has 0 atom stereocenters. The highest BCUT2D eigenvalue weighted by atomic mass is 16.3. The Balaban J connectivity index is 2.56. The van der Waals surface area contributed by atoms with Crippen molar-refractivity contribution >= 4 is 5.91 Å². The second-order valence-corrected chi connectivity index (χ2v) is 3.70. The highest BCUT2D eigenvalue weighted by molar-refractivity contribution is 6.00. The molecule has 1 aromatic carbocycles. The van der Waals surface area contributed by atoms with E-state index in [-0.39, 0.29) is 17.4 Å². The van der Waals surface area contributed by atoms with Crippen LogP contribution in [0.25, 0.3) is 11.1 Å². The molecule has 0 bridgehead atoms. The topological polar surface area (TPSA) is 82.5 Å². The molecule has 0 fully saturated rings. The average molecular weight is 244 g/mol. The third-order valence-electron chi connectivity index (χ3n) is 2.58. The number of hydrogen-bond donors (Lipinski definition) is 3. The molecule has 92 valence electrons. The predicted molar refractivity (Wildman–Crippen MR) is 66.4 cm³/mol. The van der Waals surface area contributed by atoms with Crippen LogP contribution in [-0.4, -0.2) is 28.2 Å². The van der Waals surface area contributed by atoms with Crippen LogP contribution in [0.4, 0.5) is 0 Å². The van der Waals surface area contributed by atoms with Gasteiger partial charge in [-0.1, -0.05) is 6.07 Å². The molecule has 0 saturated heterocycles. The molecular weight excluding hydrogens is 232 g/mol. The van der Waals surface area contributed by atoms with Gasteiger partial charge in [0, 0.05) is 19.4 Å². The Morgan fingerprint density at radius 1 is 1.22 bits per heavy atom. The van der Waals surface area contributed by atoms with E-state index < -0.39 is 0 Å². The zero-order chi connectivity index (χ0) is 13.1. The number of aromatic hydroxyl groups is 2. The maximum atomic E-state index is 11.7. The second kappa shape index (κ2) is 4.75. The van der Waals surface area contributed by atoms with E-state index >= 15 is 0 Å². The fourth-order valence-electron chi connectivity index (χ4n) is 1.65. The standard InChI is InChI=1S/C13H12N2O3/c1-14-13(18)10-7-15-5-4-9(10)8-2-3-11(16)12(17)6-8/h2-7,16-17H,1H3,(H,14,18). The van der Waals surface area contributed by atoms with E-state index in [1.165, 1.54) is 25.4 Å². The van der Waals surface area contributed by atoms with Crippen molar-refractivity contribution < 1.29 is 15.0 Å². The molecule has 0 aliphatic heterocycles. The molecule has 0 aliphatic rings. The lowest BCUT2D eigenvalue weighted by molar-refractivity contribution is 0.0963. The largest absolute Gasteiger partial charge is 0.504 e. The number of benzene rings is 1. The molecule has 0 radical (unpaired) electrons. The van der Waals surface area contributed by atoms with Crippen molar-refractivity contribution in [1.29, 1.82) is 0 Å². The van der Waals surface area contributed by atoms with Crippen molar-refractivity contribution in [3.63, 3.8) is 0 Å². The molecule has 0 aliphatic carbocycles. The van der Waals surface area contributed by atoms with Gasteiger partial charge in [-0.2, -0.15) is 0 Å². The summed E-state index contributed by atoms with van der Waals surface area (Å²) in [5, 5.41) is 21.3. The number of phenolic OH excluding ortho intramolecular Hbond substituents is 2. The number of aromatic nitrogens is 1. The molecule has 5 heteroatoms. The van der Waals surface area contributed by atoms with Gasteiger partial charge >= 0.3 is 0 Å². The van der Waals surface area contributed by atoms with Gasteiger partial charge in [0.1, 0.15) is 0 Å². The van der Waals surface area contributed by atoms with Crippen LogP contribution in [0.1, 0.15) is 10.4 Å². The van der Waals surface area contributed by atoms with Gasteiger partial charge in [-0.25, -0.2) is 0 Å². The smallest absolute Gasteiger partial charge is 0.253 e. The summed E-state index contributed by atoms with van der Waals surface area (Å²) < 4.78 is 0. The minimum atomic E-state index is -0.259. The Kier molecular flexibility index (Phi) is 3.14. The van der Waals surface area contributed by atoms with Gasteiger partial charge in [0.05, 0.1) is 5.56 Å². The quantitative estimate of drug-likeness (QED) is 0.699. The summed E-state index contributed by atoms with van der Waals surface area (Å²) in [5.74, 6) is -0.688. The van der Waals surface area contributed by atoms with Crippen molar-refractivity contribution in [2.24, 2.45) is 0 Å². The minimum absolute atomic E-state index is 0.200. The van der Waals surface area contributed by atoms with E-state index in [9.17, 15) is 15.0 Å². The van der Waals surface area contributed by atoms with Crippen LogP contribution in [0, 0.1) is 0 Å². The highest BCUT2D eigenvalue weighted by Crippen LogP contribution is 2.31. The van der Waals surface area contributed by atoms with Crippen molar-refractivity contribution in [3.05, 3.63) is 42.2 Å². The third kappa shape index (κ3) is 2.10. The predicted octanol–water partition coefficient (Wildman–Crippen LogP) is 1.52. The Hall–Kier alpha value is -2.56. The maximum absolute atomic E-state index is 11.7. The van der Waals surface area contributed by atoms with Crippen molar-refractivity contribution in [1.82, 2.24) is 10.3 Å². The number of carbonyl (C=O) groups is 1. The Morgan fingerprint density at radius 2 is 2.00 bits per heavy atom. The zero-order valence-electron chi connectivity index (χ0n) is 9.71. The van der Waals surface area contributed by atoms with Crippen molar-refractivity contribution in [2.45, 2.75) is 0 Å². The fourth-order valence-corrected chi connectivity index (χ4v) is 1.65. The molecule has 0 unspecified atom stereocenters. The van der Waals surface area contributed by atoms with Crippen molar-refractivity contribution in [3.8, 4) is 22.6 Å². The Labute approximate surface area is 104 Å². The van der Waals surface area contributed by atoms with Gasteiger partial charge < -0.3 is 15.5 Å². The van der Waals surface area contributed by atoms with Crippen LogP contribution < -0.4 is 5.32 Å². The molecule has 18 heavy (non-hydrogen) atoms. The summed E-state index contributed by atoms with van der Waals surface area (Å²) in [4.78, 5) is 15.6. The monoisotopic (exact) mass is 244 g/mol. The molecule has 1 amide bonds. The van der Waals surface area contributed by atoms with Gasteiger partial charge in [-0.3, -0.25) is 9.78 Å². The van der Waals surface area contributed by atoms with Gasteiger partial charge in [-0.15, -0.1) is 0 Å². The van der Waals surface area contributed by atoms with Crippen LogP contribution in [0.15, 0.2) is 36.7 Å². The molecule has 0 spiro atoms. The van der Waals surface area contributed by atoms with Crippen LogP contribution in [0.2, 0.25) is 0 Å². The summed E-state index contributed by atoms with van der Waals surface area (Å²) in [6.45, 7) is 0. The van der Waals surface area contributed by atoms with Crippen LogP contribution in [-0.2, 0) is 0 Å². The van der Waals surface area contributed by atoms with Crippen LogP contribution in [0.3, 0.4) is 0 Å².